The molecule has 2 aromatic heterocycles. The molecule has 0 bridgehead atoms. The molecule has 2 aromatic carbocycles. The number of hydrogen-bond donors (Lipinski definition) is 1. The molecule has 0 spiro atoms. The Morgan fingerprint density at radius 3 is 2.36 bits per heavy atom. The fraction of sp³-hybridized carbons (Fsp3) is 0.367. The number of aryl methyl sites for hydroxylation is 2. The van der Waals surface area contributed by atoms with E-state index in [1.54, 1.807) is 24.1 Å². The topological polar surface area (TPSA) is 91.2 Å². The summed E-state index contributed by atoms with van der Waals surface area (Å²) in [5, 5.41) is 4.14. The number of hydrogen-bond acceptors (Lipinski definition) is 7. The number of benzene rings is 2. The molecule has 2 fully saturated rings. The van der Waals surface area contributed by atoms with Crippen LogP contribution in [0.3, 0.4) is 0 Å². The molecule has 1 atom stereocenters. The van der Waals surface area contributed by atoms with Gasteiger partial charge in [-0.1, -0.05) is 36.4 Å². The summed E-state index contributed by atoms with van der Waals surface area (Å²) in [7, 11) is 3.98. The van der Waals surface area contributed by atoms with Crippen LogP contribution in [0.4, 0.5) is 5.95 Å². The second-order valence-corrected chi connectivity index (χ2v) is 11.9. The van der Waals surface area contributed by atoms with E-state index in [1.165, 1.54) is 18.4 Å². The lowest BCUT2D eigenvalue weighted by atomic mass is 9.90. The van der Waals surface area contributed by atoms with Crippen molar-refractivity contribution in [2.45, 2.75) is 49.3 Å². The maximum absolute atomic E-state index is 13.1. The minimum absolute atomic E-state index is 0.262. The van der Waals surface area contributed by atoms with E-state index in [2.05, 4.69) is 53.0 Å². The van der Waals surface area contributed by atoms with E-state index in [1.807, 2.05) is 24.3 Å². The minimum Gasteiger partial charge on any atom is -0.588 e. The maximum Gasteiger partial charge on any atom is 0.269 e. The molecule has 3 heterocycles. The van der Waals surface area contributed by atoms with E-state index in [0.717, 1.165) is 54.1 Å². The third-order valence-electron chi connectivity index (χ3n) is 7.66. The third kappa shape index (κ3) is 5.80. The summed E-state index contributed by atoms with van der Waals surface area (Å²) in [6.45, 7) is 4.34. The van der Waals surface area contributed by atoms with Gasteiger partial charge < -0.3 is 14.2 Å². The minimum atomic E-state index is -1.57. The number of nitrogens with zero attached hydrogens (tertiary/aromatic N) is 5. The SMILES string of the molecule is Cc1ccccc1-c1nc(N[S+]([O-])c2cnn(C)c2)nc(Oc2ccc(C3CCN(C)CC3)cc2)c1C1CC1. The van der Waals surface area contributed by atoms with Gasteiger partial charge in [0.1, 0.15) is 23.3 Å². The van der Waals surface area contributed by atoms with Gasteiger partial charge >= 0.3 is 0 Å². The fourth-order valence-corrected chi connectivity index (χ4v) is 6.02. The summed E-state index contributed by atoms with van der Waals surface area (Å²) in [6, 6.07) is 16.6. The van der Waals surface area contributed by atoms with E-state index >= 15 is 0 Å². The van der Waals surface area contributed by atoms with Gasteiger partial charge in [-0.25, -0.2) is 4.98 Å². The number of anilines is 1. The molecule has 39 heavy (non-hydrogen) atoms. The van der Waals surface area contributed by atoms with Gasteiger partial charge in [0.15, 0.2) is 0 Å². The molecule has 9 heteroatoms. The molecule has 2 aliphatic rings. The molecule has 1 aliphatic heterocycles. The van der Waals surface area contributed by atoms with Gasteiger partial charge in [-0.05, 0) is 87.8 Å². The van der Waals surface area contributed by atoms with Crippen LogP contribution < -0.4 is 9.46 Å². The van der Waals surface area contributed by atoms with Crippen molar-refractivity contribution >= 4 is 17.3 Å². The number of aromatic nitrogens is 4. The Bertz CT molecular complexity index is 1440. The van der Waals surface area contributed by atoms with Crippen molar-refractivity contribution in [1.82, 2.24) is 24.6 Å². The van der Waals surface area contributed by atoms with Crippen molar-refractivity contribution in [3.63, 3.8) is 0 Å². The Labute approximate surface area is 232 Å². The molecular weight excluding hydrogens is 508 g/mol. The van der Waals surface area contributed by atoms with E-state index in [0.29, 0.717) is 22.6 Å². The Morgan fingerprint density at radius 1 is 0.949 bits per heavy atom. The molecule has 6 rings (SSSR count). The van der Waals surface area contributed by atoms with Crippen molar-refractivity contribution < 1.29 is 9.29 Å². The summed E-state index contributed by atoms with van der Waals surface area (Å²) in [5.41, 5.74) is 5.34. The quantitative estimate of drug-likeness (QED) is 0.281. The molecule has 1 saturated carbocycles. The first-order chi connectivity index (χ1) is 18.9. The molecule has 1 saturated heterocycles. The van der Waals surface area contributed by atoms with Gasteiger partial charge in [0.05, 0.1) is 11.9 Å². The van der Waals surface area contributed by atoms with Crippen LogP contribution in [-0.4, -0.2) is 49.3 Å². The summed E-state index contributed by atoms with van der Waals surface area (Å²) in [4.78, 5) is 12.6. The van der Waals surface area contributed by atoms with Crippen molar-refractivity contribution in [3.8, 4) is 22.9 Å². The third-order valence-corrected chi connectivity index (χ3v) is 8.67. The van der Waals surface area contributed by atoms with E-state index in [-0.39, 0.29) is 5.95 Å². The number of piperidine rings is 1. The van der Waals surface area contributed by atoms with Crippen LogP contribution in [0, 0.1) is 6.92 Å². The first kappa shape index (κ1) is 25.9. The Morgan fingerprint density at radius 2 is 1.69 bits per heavy atom. The average Bonchev–Trinajstić information content (AvgIpc) is 3.68. The molecule has 0 amide bonds. The van der Waals surface area contributed by atoms with E-state index in [9.17, 15) is 4.55 Å². The normalized spacial score (nSPS) is 17.2. The first-order valence-electron chi connectivity index (χ1n) is 13.6. The van der Waals surface area contributed by atoms with Gasteiger partial charge in [-0.2, -0.15) is 14.8 Å². The lowest BCUT2D eigenvalue weighted by Gasteiger charge is -2.29. The predicted molar refractivity (Wildman–Crippen MR) is 153 cm³/mol. The van der Waals surface area contributed by atoms with Crippen LogP contribution in [0.25, 0.3) is 11.3 Å². The van der Waals surface area contributed by atoms with Crippen molar-refractivity contribution in [1.29, 1.82) is 0 Å². The highest BCUT2D eigenvalue weighted by Gasteiger charge is 2.34. The predicted octanol–water partition coefficient (Wildman–Crippen LogP) is 5.80. The molecule has 202 valence electrons. The Balaban J connectivity index is 1.35. The Kier molecular flexibility index (Phi) is 7.29. The van der Waals surface area contributed by atoms with Gasteiger partial charge in [-0.15, -0.1) is 0 Å². The largest absolute Gasteiger partial charge is 0.588 e. The zero-order valence-corrected chi connectivity index (χ0v) is 23.4. The first-order valence-corrected chi connectivity index (χ1v) is 14.7. The monoisotopic (exact) mass is 542 g/mol. The van der Waals surface area contributed by atoms with Crippen LogP contribution in [0.1, 0.15) is 54.2 Å². The van der Waals surface area contributed by atoms with Crippen LogP contribution in [-0.2, 0) is 18.4 Å². The van der Waals surface area contributed by atoms with Crippen LogP contribution in [0.5, 0.6) is 11.6 Å². The highest BCUT2D eigenvalue weighted by atomic mass is 32.2. The summed E-state index contributed by atoms with van der Waals surface area (Å²) < 4.78 is 24.2. The van der Waals surface area contributed by atoms with Crippen LogP contribution >= 0.6 is 0 Å². The van der Waals surface area contributed by atoms with Crippen LogP contribution in [0.15, 0.2) is 65.8 Å². The number of rotatable bonds is 8. The van der Waals surface area contributed by atoms with Crippen molar-refractivity contribution in [2.75, 3.05) is 24.9 Å². The highest BCUT2D eigenvalue weighted by molar-refractivity contribution is 7.92. The molecule has 4 aromatic rings. The highest BCUT2D eigenvalue weighted by Crippen LogP contribution is 2.49. The standard InChI is InChI=1S/C30H34N6O2S/c1-20-6-4-5-7-26(20)28-27(23-8-9-23)29(33-30(32-28)34-39(37)25-18-31-36(3)19-25)38-24-12-10-21(11-13-24)22-14-16-35(2)17-15-22/h4-7,10-13,18-19,22-23H,8-9,14-17H2,1-3H3,(H,32,33,34). The molecule has 0 radical (unpaired) electrons. The lowest BCUT2D eigenvalue weighted by molar-refractivity contribution is 0.255. The second-order valence-electron chi connectivity index (χ2n) is 10.7. The maximum atomic E-state index is 13.1. The van der Waals surface area contributed by atoms with Gasteiger partial charge in [0.2, 0.25) is 10.8 Å². The molecule has 1 aliphatic carbocycles. The Hall–Kier alpha value is -3.40. The van der Waals surface area contributed by atoms with Gasteiger partial charge in [0, 0.05) is 18.2 Å². The fourth-order valence-electron chi connectivity index (χ4n) is 5.25. The van der Waals surface area contributed by atoms with E-state index < -0.39 is 11.4 Å². The van der Waals surface area contributed by atoms with Gasteiger partial charge in [-0.3, -0.25) is 4.68 Å². The number of likely N-dealkylation sites (tertiary alicyclic amines) is 1. The number of ether oxygens (including phenoxy) is 1. The zero-order chi connectivity index (χ0) is 26.9. The second kappa shape index (κ2) is 11.0. The summed E-state index contributed by atoms with van der Waals surface area (Å²) in [6.07, 6.45) is 7.79. The van der Waals surface area contributed by atoms with Crippen molar-refractivity contribution in [2.24, 2.45) is 7.05 Å². The zero-order valence-electron chi connectivity index (χ0n) is 22.6. The smallest absolute Gasteiger partial charge is 0.269 e. The molecule has 1 N–H and O–H groups in total. The van der Waals surface area contributed by atoms with Gasteiger partial charge in [0.25, 0.3) is 5.95 Å². The number of nitrogens with one attached hydrogen (secondary N) is 1. The summed E-state index contributed by atoms with van der Waals surface area (Å²) in [5.74, 6) is 2.44. The molecule has 1 unspecified atom stereocenters. The molecule has 8 nitrogen and oxygen atoms in total. The van der Waals surface area contributed by atoms with Crippen LogP contribution in [0.2, 0.25) is 0 Å². The van der Waals surface area contributed by atoms with E-state index in [4.69, 9.17) is 14.7 Å². The average molecular weight is 543 g/mol. The lowest BCUT2D eigenvalue weighted by Crippen LogP contribution is -2.29. The van der Waals surface area contributed by atoms with Crippen molar-refractivity contribution in [3.05, 3.63) is 77.6 Å². The summed E-state index contributed by atoms with van der Waals surface area (Å²) >= 11 is -1.57. The molecular formula is C30H34N6O2S.